The van der Waals surface area contributed by atoms with Crippen LogP contribution in [0.1, 0.15) is 0 Å². The molecule has 4 atom stereocenters. The first kappa shape index (κ1) is 13.8. The van der Waals surface area contributed by atoms with Crippen molar-refractivity contribution in [1.82, 2.24) is 0 Å². The predicted octanol–water partition coefficient (Wildman–Crippen LogP) is -1.11. The summed E-state index contributed by atoms with van der Waals surface area (Å²) in [6.45, 7) is -0.576. The highest BCUT2D eigenvalue weighted by molar-refractivity contribution is 5.84. The number of hydrogen-bond acceptors (Lipinski definition) is 7. The van der Waals surface area contributed by atoms with Crippen LogP contribution in [-0.2, 0) is 4.74 Å². The molecule has 1 aliphatic heterocycles. The van der Waals surface area contributed by atoms with E-state index in [2.05, 4.69) is 10.5 Å². The number of anilines is 1. The summed E-state index contributed by atoms with van der Waals surface area (Å²) in [5.41, 5.74) is 3.35. The SMILES string of the molecule is OC[C@@H](O)[C@@H]1O/C(=N/Nc2ccccc2)[C@H](O)[C@H]1O. The van der Waals surface area contributed by atoms with Crippen molar-refractivity contribution in [1.29, 1.82) is 0 Å². The minimum atomic E-state index is -1.34. The summed E-state index contributed by atoms with van der Waals surface area (Å²) in [6.07, 6.45) is -5.06. The number of benzene rings is 1. The first-order chi connectivity index (χ1) is 9.13. The van der Waals surface area contributed by atoms with Gasteiger partial charge in [0, 0.05) is 0 Å². The number of ether oxygens (including phenoxy) is 1. The Balaban J connectivity index is 2.05. The largest absolute Gasteiger partial charge is 0.469 e. The van der Waals surface area contributed by atoms with Crippen LogP contribution >= 0.6 is 0 Å². The van der Waals surface area contributed by atoms with Crippen molar-refractivity contribution in [3.8, 4) is 0 Å². The van der Waals surface area contributed by atoms with Gasteiger partial charge in [0.25, 0.3) is 0 Å². The first-order valence-electron chi connectivity index (χ1n) is 5.84. The predicted molar refractivity (Wildman–Crippen MR) is 67.5 cm³/mol. The van der Waals surface area contributed by atoms with E-state index in [1.54, 1.807) is 12.1 Å². The number of nitrogens with zero attached hydrogens (tertiary/aromatic N) is 1. The molecule has 7 nitrogen and oxygen atoms in total. The van der Waals surface area contributed by atoms with E-state index in [1.165, 1.54) is 0 Å². The van der Waals surface area contributed by atoms with Crippen molar-refractivity contribution >= 4 is 11.6 Å². The van der Waals surface area contributed by atoms with Crippen molar-refractivity contribution in [2.45, 2.75) is 24.4 Å². The van der Waals surface area contributed by atoms with Crippen molar-refractivity contribution in [3.05, 3.63) is 30.3 Å². The molecule has 0 amide bonds. The maximum Gasteiger partial charge on any atom is 0.238 e. The van der Waals surface area contributed by atoms with Gasteiger partial charge in [-0.1, -0.05) is 18.2 Å². The quantitative estimate of drug-likeness (QED) is 0.442. The Morgan fingerprint density at radius 1 is 1.26 bits per heavy atom. The highest BCUT2D eigenvalue weighted by Crippen LogP contribution is 2.20. The molecule has 1 fully saturated rings. The zero-order chi connectivity index (χ0) is 13.8. The molecule has 0 radical (unpaired) electrons. The van der Waals surface area contributed by atoms with Crippen LogP contribution in [-0.4, -0.2) is 57.3 Å². The maximum atomic E-state index is 9.71. The molecule has 0 unspecified atom stereocenters. The summed E-state index contributed by atoms with van der Waals surface area (Å²) >= 11 is 0. The molecule has 0 spiro atoms. The van der Waals surface area contributed by atoms with Gasteiger partial charge in [0.15, 0.2) is 12.2 Å². The van der Waals surface area contributed by atoms with Crippen molar-refractivity contribution in [3.63, 3.8) is 0 Å². The summed E-state index contributed by atoms with van der Waals surface area (Å²) in [6, 6.07) is 8.99. The monoisotopic (exact) mass is 268 g/mol. The maximum absolute atomic E-state index is 9.71. The van der Waals surface area contributed by atoms with Crippen molar-refractivity contribution in [2.24, 2.45) is 5.10 Å². The number of rotatable bonds is 4. The van der Waals surface area contributed by atoms with Gasteiger partial charge >= 0.3 is 0 Å². The molecule has 0 bridgehead atoms. The van der Waals surface area contributed by atoms with Crippen LogP contribution in [0.25, 0.3) is 0 Å². The minimum absolute atomic E-state index is 0.131. The molecule has 1 heterocycles. The third-order valence-electron chi connectivity index (χ3n) is 2.81. The Hall–Kier alpha value is -1.67. The third-order valence-corrected chi connectivity index (χ3v) is 2.81. The van der Waals surface area contributed by atoms with Crippen LogP contribution < -0.4 is 5.43 Å². The topological polar surface area (TPSA) is 115 Å². The van der Waals surface area contributed by atoms with Gasteiger partial charge in [0.1, 0.15) is 12.2 Å². The van der Waals surface area contributed by atoms with Gasteiger partial charge in [-0.3, -0.25) is 5.43 Å². The van der Waals surface area contributed by atoms with E-state index in [0.717, 1.165) is 0 Å². The number of hydrazone groups is 1. The summed E-state index contributed by atoms with van der Waals surface area (Å²) in [7, 11) is 0. The first-order valence-corrected chi connectivity index (χ1v) is 5.84. The highest BCUT2D eigenvalue weighted by atomic mass is 16.6. The van der Waals surface area contributed by atoms with Gasteiger partial charge in [-0.05, 0) is 12.1 Å². The number of nitrogens with one attached hydrogen (secondary N) is 1. The molecule has 2 rings (SSSR count). The molecule has 1 saturated heterocycles. The minimum Gasteiger partial charge on any atom is -0.469 e. The van der Waals surface area contributed by atoms with Gasteiger partial charge in [-0.15, -0.1) is 5.10 Å². The molecule has 1 aromatic rings. The van der Waals surface area contributed by atoms with Crippen LogP contribution in [0.4, 0.5) is 5.69 Å². The molecule has 19 heavy (non-hydrogen) atoms. The Morgan fingerprint density at radius 2 is 1.95 bits per heavy atom. The molecular weight excluding hydrogens is 252 g/mol. The molecule has 7 heteroatoms. The molecule has 1 aliphatic rings. The molecule has 1 aromatic carbocycles. The van der Waals surface area contributed by atoms with Crippen molar-refractivity contribution in [2.75, 3.05) is 12.0 Å². The van der Waals surface area contributed by atoms with E-state index in [-0.39, 0.29) is 5.90 Å². The van der Waals surface area contributed by atoms with E-state index in [1.807, 2.05) is 18.2 Å². The van der Waals surface area contributed by atoms with Crippen LogP contribution in [0.2, 0.25) is 0 Å². The second-order valence-electron chi connectivity index (χ2n) is 4.20. The van der Waals surface area contributed by atoms with Crippen LogP contribution in [0.3, 0.4) is 0 Å². The molecule has 104 valence electrons. The molecule has 0 saturated carbocycles. The van der Waals surface area contributed by atoms with Gasteiger partial charge < -0.3 is 25.2 Å². The van der Waals surface area contributed by atoms with E-state index in [0.29, 0.717) is 5.69 Å². The molecule has 0 aromatic heterocycles. The van der Waals surface area contributed by atoms with Crippen LogP contribution in [0.5, 0.6) is 0 Å². The summed E-state index contributed by atoms with van der Waals surface area (Å²) in [4.78, 5) is 0. The second-order valence-corrected chi connectivity index (χ2v) is 4.20. The number of hydrogen-bond donors (Lipinski definition) is 5. The summed E-state index contributed by atoms with van der Waals surface area (Å²) in [5.74, 6) is -0.131. The lowest BCUT2D eigenvalue weighted by Crippen LogP contribution is -2.40. The zero-order valence-electron chi connectivity index (χ0n) is 10.0. The van der Waals surface area contributed by atoms with Crippen molar-refractivity contribution < 1.29 is 25.2 Å². The number of para-hydroxylation sites is 1. The fourth-order valence-corrected chi connectivity index (χ4v) is 1.74. The van der Waals surface area contributed by atoms with Gasteiger partial charge in [0.2, 0.25) is 5.90 Å². The normalized spacial score (nSPS) is 30.1. The summed E-state index contributed by atoms with van der Waals surface area (Å²) in [5, 5.41) is 41.5. The Labute approximate surface area is 109 Å². The van der Waals surface area contributed by atoms with Gasteiger partial charge in [0.05, 0.1) is 12.3 Å². The lowest BCUT2D eigenvalue weighted by atomic mass is 10.1. The smallest absolute Gasteiger partial charge is 0.238 e. The Morgan fingerprint density at radius 3 is 2.58 bits per heavy atom. The second kappa shape index (κ2) is 5.98. The van der Waals surface area contributed by atoms with Crippen LogP contribution in [0.15, 0.2) is 35.4 Å². The lowest BCUT2D eigenvalue weighted by molar-refractivity contribution is -0.0589. The van der Waals surface area contributed by atoms with E-state index >= 15 is 0 Å². The lowest BCUT2D eigenvalue weighted by Gasteiger charge is -2.17. The highest BCUT2D eigenvalue weighted by Gasteiger charge is 2.44. The molecule has 0 aliphatic carbocycles. The average Bonchev–Trinajstić information content (AvgIpc) is 2.73. The summed E-state index contributed by atoms with van der Waals surface area (Å²) < 4.78 is 5.14. The molecular formula is C12H16N2O5. The van der Waals surface area contributed by atoms with E-state index in [4.69, 9.17) is 9.84 Å². The molecule has 5 N–H and O–H groups in total. The van der Waals surface area contributed by atoms with E-state index in [9.17, 15) is 15.3 Å². The number of aliphatic hydroxyl groups excluding tert-OH is 4. The standard InChI is InChI=1S/C12H16N2O5/c15-6-8(16)11-9(17)10(18)12(19-11)14-13-7-4-2-1-3-5-7/h1-5,8-11,13,15-18H,6H2/b14-12+/t8-,9-,10-,11+/m1/s1. The Bertz CT molecular complexity index is 439. The van der Waals surface area contributed by atoms with Gasteiger partial charge in [-0.25, -0.2) is 0 Å². The zero-order valence-corrected chi connectivity index (χ0v) is 10.0. The Kier molecular flexibility index (Phi) is 4.33. The number of aliphatic hydroxyl groups is 4. The third kappa shape index (κ3) is 3.02. The fraction of sp³-hybridized carbons (Fsp3) is 0.417. The average molecular weight is 268 g/mol. The van der Waals surface area contributed by atoms with E-state index < -0.39 is 31.0 Å². The fourth-order valence-electron chi connectivity index (χ4n) is 1.74. The van der Waals surface area contributed by atoms with Gasteiger partial charge in [-0.2, -0.15) is 0 Å². The van der Waals surface area contributed by atoms with Crippen LogP contribution in [0, 0.1) is 0 Å².